The molecule has 0 bridgehead atoms. The van der Waals surface area contributed by atoms with Crippen LogP contribution in [0.3, 0.4) is 0 Å². The zero-order valence-corrected chi connectivity index (χ0v) is 13.1. The maximum Gasteiger partial charge on any atom is 0.374 e. The van der Waals surface area contributed by atoms with Gasteiger partial charge in [-0.05, 0) is 30.7 Å². The third-order valence-corrected chi connectivity index (χ3v) is 3.09. The lowest BCUT2D eigenvalue weighted by Crippen LogP contribution is -2.03. The lowest BCUT2D eigenvalue weighted by molar-refractivity contribution is 0.0439. The van der Waals surface area contributed by atoms with Gasteiger partial charge in [0.25, 0.3) is 0 Å². The lowest BCUT2D eigenvalue weighted by Gasteiger charge is -2.02. The second-order valence-electron chi connectivity index (χ2n) is 4.71. The monoisotopic (exact) mass is 296 g/mol. The molecule has 0 aliphatic carbocycles. The maximum absolute atomic E-state index is 12.0. The van der Waals surface area contributed by atoms with E-state index in [1.807, 2.05) is 69.3 Å². The average molecular weight is 296 g/mol. The van der Waals surface area contributed by atoms with Crippen molar-refractivity contribution >= 4 is 16.9 Å². The van der Waals surface area contributed by atoms with Crippen molar-refractivity contribution in [3.63, 3.8) is 0 Å². The molecule has 0 N–H and O–H groups in total. The third kappa shape index (κ3) is 3.76. The molecule has 1 aromatic heterocycles. The summed E-state index contributed by atoms with van der Waals surface area (Å²) >= 11 is 0. The predicted molar refractivity (Wildman–Crippen MR) is 87.9 cm³/mol. The number of hydrogen-bond donors (Lipinski definition) is 0. The van der Waals surface area contributed by atoms with Crippen LogP contribution in [0.25, 0.3) is 11.0 Å². The number of aryl methyl sites for hydroxylation is 1. The molecule has 2 aromatic carbocycles. The first-order valence-electron chi connectivity index (χ1n) is 7.43. The van der Waals surface area contributed by atoms with Gasteiger partial charge >= 0.3 is 5.97 Å². The minimum Gasteiger partial charge on any atom is -0.455 e. The van der Waals surface area contributed by atoms with E-state index in [0.29, 0.717) is 5.58 Å². The van der Waals surface area contributed by atoms with Gasteiger partial charge in [-0.25, -0.2) is 4.79 Å². The van der Waals surface area contributed by atoms with Gasteiger partial charge < -0.3 is 9.15 Å². The SMILES string of the molecule is CC.Cc1ccc2oc(C(=O)OCc3ccccc3)cc2c1. The fourth-order valence-corrected chi connectivity index (χ4v) is 2.06. The summed E-state index contributed by atoms with van der Waals surface area (Å²) in [6.45, 7) is 6.25. The molecular weight excluding hydrogens is 276 g/mol. The summed E-state index contributed by atoms with van der Waals surface area (Å²) in [4.78, 5) is 12.0. The van der Waals surface area contributed by atoms with E-state index < -0.39 is 5.97 Å². The Morgan fingerprint density at radius 3 is 2.50 bits per heavy atom. The van der Waals surface area contributed by atoms with E-state index in [-0.39, 0.29) is 12.4 Å². The fraction of sp³-hybridized carbons (Fsp3) is 0.211. The first-order chi connectivity index (χ1) is 10.7. The number of hydrogen-bond acceptors (Lipinski definition) is 3. The second kappa shape index (κ2) is 7.46. The first-order valence-corrected chi connectivity index (χ1v) is 7.43. The molecule has 114 valence electrons. The molecule has 0 fully saturated rings. The zero-order valence-electron chi connectivity index (χ0n) is 13.1. The molecule has 0 radical (unpaired) electrons. The summed E-state index contributed by atoms with van der Waals surface area (Å²) in [6.07, 6.45) is 0. The summed E-state index contributed by atoms with van der Waals surface area (Å²) in [7, 11) is 0. The van der Waals surface area contributed by atoms with Crippen molar-refractivity contribution in [3.8, 4) is 0 Å². The van der Waals surface area contributed by atoms with Crippen LogP contribution in [0.1, 0.15) is 35.5 Å². The van der Waals surface area contributed by atoms with E-state index in [4.69, 9.17) is 9.15 Å². The number of benzene rings is 2. The summed E-state index contributed by atoms with van der Waals surface area (Å²) in [5.74, 6) is -0.204. The van der Waals surface area contributed by atoms with Crippen molar-refractivity contribution in [2.75, 3.05) is 0 Å². The van der Waals surface area contributed by atoms with Crippen molar-refractivity contribution in [2.24, 2.45) is 0 Å². The molecule has 0 atom stereocenters. The maximum atomic E-state index is 12.0. The van der Waals surface area contributed by atoms with Crippen LogP contribution in [0.2, 0.25) is 0 Å². The van der Waals surface area contributed by atoms with Crippen molar-refractivity contribution in [2.45, 2.75) is 27.4 Å². The standard InChI is InChI=1S/C17H14O3.C2H6/c1-12-7-8-15-14(9-12)10-16(20-15)17(18)19-11-13-5-3-2-4-6-13;1-2/h2-10H,11H2,1H3;1-2H3. The Hall–Kier alpha value is -2.55. The minimum atomic E-state index is -0.442. The molecule has 1 heterocycles. The smallest absolute Gasteiger partial charge is 0.374 e. The van der Waals surface area contributed by atoms with Crippen LogP contribution in [0, 0.1) is 6.92 Å². The molecule has 0 aliphatic rings. The first kappa shape index (κ1) is 15.8. The molecule has 3 aromatic rings. The van der Waals surface area contributed by atoms with E-state index in [2.05, 4.69) is 0 Å². The van der Waals surface area contributed by atoms with Crippen molar-refractivity contribution in [1.29, 1.82) is 0 Å². The summed E-state index contributed by atoms with van der Waals surface area (Å²) in [5.41, 5.74) is 2.78. The summed E-state index contributed by atoms with van der Waals surface area (Å²) in [6, 6.07) is 17.1. The highest BCUT2D eigenvalue weighted by molar-refractivity contribution is 5.92. The van der Waals surface area contributed by atoms with Crippen LogP contribution < -0.4 is 0 Å². The molecule has 3 rings (SSSR count). The van der Waals surface area contributed by atoms with Gasteiger partial charge in [0.1, 0.15) is 12.2 Å². The lowest BCUT2D eigenvalue weighted by atomic mass is 10.2. The van der Waals surface area contributed by atoms with Gasteiger partial charge in [-0.3, -0.25) is 0 Å². The number of carbonyl (C=O) groups is 1. The van der Waals surface area contributed by atoms with Crippen molar-refractivity contribution < 1.29 is 13.9 Å². The number of esters is 1. The van der Waals surface area contributed by atoms with E-state index in [9.17, 15) is 4.79 Å². The molecular formula is C19H20O3. The Bertz CT molecular complexity index is 742. The highest BCUT2D eigenvalue weighted by Gasteiger charge is 2.13. The predicted octanol–water partition coefficient (Wildman–Crippen LogP) is 5.12. The van der Waals surface area contributed by atoms with Gasteiger partial charge in [0.2, 0.25) is 5.76 Å². The molecule has 0 unspecified atom stereocenters. The van der Waals surface area contributed by atoms with Crippen LogP contribution in [0.15, 0.2) is 59.0 Å². The zero-order chi connectivity index (χ0) is 15.9. The molecule has 0 saturated carbocycles. The Morgan fingerprint density at radius 2 is 1.77 bits per heavy atom. The van der Waals surface area contributed by atoms with Crippen LogP contribution in [-0.2, 0) is 11.3 Å². The quantitative estimate of drug-likeness (QED) is 0.629. The Kier molecular flexibility index (Phi) is 5.37. The highest BCUT2D eigenvalue weighted by atomic mass is 16.5. The van der Waals surface area contributed by atoms with Gasteiger partial charge in [0.05, 0.1) is 0 Å². The second-order valence-corrected chi connectivity index (χ2v) is 4.71. The van der Waals surface area contributed by atoms with E-state index in [1.165, 1.54) is 0 Å². The van der Waals surface area contributed by atoms with Crippen LogP contribution >= 0.6 is 0 Å². The molecule has 3 nitrogen and oxygen atoms in total. The molecule has 22 heavy (non-hydrogen) atoms. The molecule has 3 heteroatoms. The average Bonchev–Trinajstić information content (AvgIpc) is 2.98. The Balaban J connectivity index is 0.000000847. The van der Waals surface area contributed by atoms with Crippen LogP contribution in [0.5, 0.6) is 0 Å². The fourth-order valence-electron chi connectivity index (χ4n) is 2.06. The normalized spacial score (nSPS) is 9.95. The molecule has 0 amide bonds. The molecule has 0 aliphatic heterocycles. The van der Waals surface area contributed by atoms with Gasteiger partial charge in [-0.15, -0.1) is 0 Å². The van der Waals surface area contributed by atoms with Gasteiger partial charge in [0, 0.05) is 5.39 Å². The van der Waals surface area contributed by atoms with Crippen molar-refractivity contribution in [3.05, 3.63) is 71.5 Å². The van der Waals surface area contributed by atoms with Gasteiger partial charge in [0.15, 0.2) is 0 Å². The van der Waals surface area contributed by atoms with Crippen molar-refractivity contribution in [1.82, 2.24) is 0 Å². The largest absolute Gasteiger partial charge is 0.455 e. The summed E-state index contributed by atoms with van der Waals surface area (Å²) in [5, 5.41) is 0.914. The Morgan fingerprint density at radius 1 is 1.05 bits per heavy atom. The van der Waals surface area contributed by atoms with E-state index >= 15 is 0 Å². The number of rotatable bonds is 3. The number of fused-ring (bicyclic) bond motifs is 1. The van der Waals surface area contributed by atoms with Crippen LogP contribution in [-0.4, -0.2) is 5.97 Å². The third-order valence-electron chi connectivity index (χ3n) is 3.09. The van der Waals surface area contributed by atoms with Gasteiger partial charge in [-0.2, -0.15) is 0 Å². The number of carbonyl (C=O) groups excluding carboxylic acids is 1. The molecule has 0 spiro atoms. The van der Waals surface area contributed by atoms with Crippen LogP contribution in [0.4, 0.5) is 0 Å². The van der Waals surface area contributed by atoms with E-state index in [0.717, 1.165) is 16.5 Å². The number of furan rings is 1. The number of ether oxygens (including phenoxy) is 1. The Labute approximate surface area is 130 Å². The van der Waals surface area contributed by atoms with E-state index in [1.54, 1.807) is 6.07 Å². The minimum absolute atomic E-state index is 0.238. The molecule has 0 saturated heterocycles. The van der Waals surface area contributed by atoms with Gasteiger partial charge in [-0.1, -0.05) is 55.8 Å². The topological polar surface area (TPSA) is 39.4 Å². The summed E-state index contributed by atoms with van der Waals surface area (Å²) < 4.78 is 10.7. The highest BCUT2D eigenvalue weighted by Crippen LogP contribution is 2.21.